The average molecular weight is 392 g/mol. The Labute approximate surface area is 167 Å². The van der Waals surface area contributed by atoms with Crippen LogP contribution in [0.15, 0.2) is 77.2 Å². The summed E-state index contributed by atoms with van der Waals surface area (Å²) in [6.45, 7) is 2.09. The molecular weight excluding hydrogens is 374 g/mol. The molecule has 0 saturated heterocycles. The molecule has 0 unspecified atom stereocenters. The Morgan fingerprint density at radius 1 is 1.00 bits per heavy atom. The molecule has 0 atom stereocenters. The highest BCUT2D eigenvalue weighted by Gasteiger charge is 2.13. The molecule has 0 spiro atoms. The predicted molar refractivity (Wildman–Crippen MR) is 111 cm³/mol. The van der Waals surface area contributed by atoms with Gasteiger partial charge in [0, 0.05) is 10.7 Å². The molecule has 1 N–H and O–H groups in total. The minimum Gasteiger partial charge on any atom is -0.486 e. The van der Waals surface area contributed by atoms with Crippen molar-refractivity contribution < 1.29 is 13.9 Å². The van der Waals surface area contributed by atoms with E-state index in [4.69, 9.17) is 20.8 Å². The third-order valence-corrected chi connectivity index (χ3v) is 4.91. The lowest BCUT2D eigenvalue weighted by molar-refractivity contribution is 0.0992. The molecule has 0 aliphatic rings. The minimum atomic E-state index is -0.331. The highest BCUT2D eigenvalue weighted by molar-refractivity contribution is 6.31. The van der Waals surface area contributed by atoms with Gasteiger partial charge in [0.05, 0.1) is 0 Å². The Balaban J connectivity index is 1.42. The molecule has 1 aromatic heterocycles. The van der Waals surface area contributed by atoms with Crippen molar-refractivity contribution in [1.29, 1.82) is 0 Å². The molecule has 0 bridgehead atoms. The van der Waals surface area contributed by atoms with Crippen molar-refractivity contribution in [3.63, 3.8) is 0 Å². The Kier molecular flexibility index (Phi) is 5.04. The number of halogens is 1. The Hall–Kier alpha value is -3.24. The van der Waals surface area contributed by atoms with Crippen LogP contribution in [0.25, 0.3) is 10.8 Å². The van der Waals surface area contributed by atoms with Gasteiger partial charge in [0.15, 0.2) is 5.76 Å². The van der Waals surface area contributed by atoms with Crippen molar-refractivity contribution in [2.45, 2.75) is 13.5 Å². The van der Waals surface area contributed by atoms with E-state index in [1.807, 2.05) is 43.3 Å². The summed E-state index contributed by atoms with van der Waals surface area (Å²) in [6.07, 6.45) is 0. The molecule has 4 aromatic rings. The van der Waals surface area contributed by atoms with Crippen LogP contribution in [-0.2, 0) is 6.61 Å². The number of nitrogens with one attached hydrogen (secondary N) is 1. The van der Waals surface area contributed by atoms with E-state index in [1.165, 1.54) is 0 Å². The molecule has 1 amide bonds. The first-order valence-electron chi connectivity index (χ1n) is 8.87. The number of hydrogen-bond donors (Lipinski definition) is 1. The smallest absolute Gasteiger partial charge is 0.291 e. The van der Waals surface area contributed by atoms with Crippen molar-refractivity contribution in [1.82, 2.24) is 0 Å². The van der Waals surface area contributed by atoms with E-state index in [9.17, 15) is 4.79 Å². The number of hydrogen-bond acceptors (Lipinski definition) is 3. The van der Waals surface area contributed by atoms with Crippen molar-refractivity contribution in [2.24, 2.45) is 0 Å². The summed E-state index contributed by atoms with van der Waals surface area (Å²) in [6, 6.07) is 22.7. The molecular formula is C23H18ClNO3. The molecule has 0 saturated carbocycles. The molecule has 0 aliphatic heterocycles. The van der Waals surface area contributed by atoms with Gasteiger partial charge in [0.25, 0.3) is 5.91 Å². The second kappa shape index (κ2) is 7.79. The van der Waals surface area contributed by atoms with Crippen molar-refractivity contribution in [3.05, 3.63) is 94.9 Å². The molecule has 0 aliphatic carbocycles. The number of benzene rings is 3. The zero-order chi connectivity index (χ0) is 19.5. The molecule has 0 radical (unpaired) electrons. The van der Waals surface area contributed by atoms with Gasteiger partial charge in [-0.25, -0.2) is 0 Å². The lowest BCUT2D eigenvalue weighted by Gasteiger charge is -2.08. The SMILES string of the molecule is Cc1c(Cl)cccc1NC(=O)c1ccc(COc2ccc3ccccc3c2)o1. The first-order valence-corrected chi connectivity index (χ1v) is 9.25. The Bertz CT molecular complexity index is 1150. The fourth-order valence-electron chi connectivity index (χ4n) is 2.92. The van der Waals surface area contributed by atoms with Crippen LogP contribution in [0.4, 0.5) is 5.69 Å². The molecule has 28 heavy (non-hydrogen) atoms. The first kappa shape index (κ1) is 18.1. The molecule has 1 heterocycles. The van der Waals surface area contributed by atoms with Gasteiger partial charge in [-0.05, 0) is 59.7 Å². The summed E-state index contributed by atoms with van der Waals surface area (Å²) in [5, 5.41) is 5.68. The van der Waals surface area contributed by atoms with Crippen LogP contribution < -0.4 is 10.1 Å². The van der Waals surface area contributed by atoms with E-state index >= 15 is 0 Å². The second-order valence-electron chi connectivity index (χ2n) is 6.43. The number of rotatable bonds is 5. The summed E-state index contributed by atoms with van der Waals surface area (Å²) in [5.41, 5.74) is 1.46. The van der Waals surface area contributed by atoms with Crippen LogP contribution >= 0.6 is 11.6 Å². The van der Waals surface area contributed by atoms with Gasteiger partial charge in [-0.15, -0.1) is 0 Å². The highest BCUT2D eigenvalue weighted by atomic mass is 35.5. The minimum absolute atomic E-state index is 0.219. The van der Waals surface area contributed by atoms with E-state index in [0.717, 1.165) is 22.1 Å². The average Bonchev–Trinajstić information content (AvgIpc) is 3.19. The van der Waals surface area contributed by atoms with Crippen LogP contribution in [0.2, 0.25) is 5.02 Å². The number of carbonyl (C=O) groups is 1. The quantitative estimate of drug-likeness (QED) is 0.439. The van der Waals surface area contributed by atoms with Gasteiger partial charge in [-0.1, -0.05) is 48.0 Å². The topological polar surface area (TPSA) is 51.5 Å². The lowest BCUT2D eigenvalue weighted by Crippen LogP contribution is -2.12. The van der Waals surface area contributed by atoms with Gasteiger partial charge < -0.3 is 14.5 Å². The summed E-state index contributed by atoms with van der Waals surface area (Å²) < 4.78 is 11.4. The van der Waals surface area contributed by atoms with Crippen LogP contribution in [0.5, 0.6) is 5.75 Å². The van der Waals surface area contributed by atoms with E-state index < -0.39 is 0 Å². The zero-order valence-corrected chi connectivity index (χ0v) is 16.0. The lowest BCUT2D eigenvalue weighted by atomic mass is 10.1. The summed E-state index contributed by atoms with van der Waals surface area (Å²) >= 11 is 6.09. The largest absolute Gasteiger partial charge is 0.486 e. The molecule has 3 aromatic carbocycles. The van der Waals surface area contributed by atoms with Crippen LogP contribution in [0.3, 0.4) is 0 Å². The van der Waals surface area contributed by atoms with Crippen LogP contribution in [-0.4, -0.2) is 5.91 Å². The van der Waals surface area contributed by atoms with Gasteiger partial charge in [-0.3, -0.25) is 4.79 Å². The van der Waals surface area contributed by atoms with Gasteiger partial charge in [0.1, 0.15) is 18.1 Å². The number of fused-ring (bicyclic) bond motifs is 1. The fraction of sp³-hybridized carbons (Fsp3) is 0.0870. The molecule has 4 nitrogen and oxygen atoms in total. The van der Waals surface area contributed by atoms with E-state index in [2.05, 4.69) is 11.4 Å². The highest BCUT2D eigenvalue weighted by Crippen LogP contribution is 2.24. The number of anilines is 1. The van der Waals surface area contributed by atoms with Gasteiger partial charge in [-0.2, -0.15) is 0 Å². The number of furan rings is 1. The normalized spacial score (nSPS) is 10.8. The summed E-state index contributed by atoms with van der Waals surface area (Å²) in [4.78, 5) is 12.4. The van der Waals surface area contributed by atoms with Gasteiger partial charge in [0.2, 0.25) is 0 Å². The zero-order valence-electron chi connectivity index (χ0n) is 15.2. The maximum atomic E-state index is 12.4. The monoisotopic (exact) mass is 391 g/mol. The van der Waals surface area contributed by atoms with E-state index in [0.29, 0.717) is 16.5 Å². The maximum Gasteiger partial charge on any atom is 0.291 e. The van der Waals surface area contributed by atoms with Crippen molar-refractivity contribution in [3.8, 4) is 5.75 Å². The number of ether oxygens (including phenoxy) is 1. The van der Waals surface area contributed by atoms with Crippen molar-refractivity contribution in [2.75, 3.05) is 5.32 Å². The van der Waals surface area contributed by atoms with E-state index in [-0.39, 0.29) is 18.3 Å². The summed E-state index contributed by atoms with van der Waals surface area (Å²) in [5.74, 6) is 1.20. The Morgan fingerprint density at radius 3 is 2.68 bits per heavy atom. The second-order valence-corrected chi connectivity index (χ2v) is 6.84. The number of amides is 1. The molecule has 140 valence electrons. The van der Waals surface area contributed by atoms with Crippen LogP contribution in [0, 0.1) is 6.92 Å². The predicted octanol–water partition coefficient (Wildman–Crippen LogP) is 6.23. The van der Waals surface area contributed by atoms with Crippen molar-refractivity contribution >= 4 is 34.0 Å². The third kappa shape index (κ3) is 3.87. The Morgan fingerprint density at radius 2 is 1.82 bits per heavy atom. The van der Waals surface area contributed by atoms with E-state index in [1.54, 1.807) is 30.3 Å². The molecule has 5 heteroatoms. The third-order valence-electron chi connectivity index (χ3n) is 4.50. The van der Waals surface area contributed by atoms with Gasteiger partial charge >= 0.3 is 0 Å². The number of carbonyl (C=O) groups excluding carboxylic acids is 1. The standard InChI is InChI=1S/C23H18ClNO3/c1-15-20(24)7-4-8-21(15)25-23(26)22-12-11-19(28-22)14-27-18-10-9-16-5-2-3-6-17(16)13-18/h2-13H,14H2,1H3,(H,25,26). The first-order chi connectivity index (χ1) is 13.6. The summed E-state index contributed by atoms with van der Waals surface area (Å²) in [7, 11) is 0. The molecule has 4 rings (SSSR count). The van der Waals surface area contributed by atoms with Crippen LogP contribution in [0.1, 0.15) is 21.9 Å². The molecule has 0 fully saturated rings. The fourth-order valence-corrected chi connectivity index (χ4v) is 3.09. The maximum absolute atomic E-state index is 12.4.